The molecule has 0 amide bonds. The minimum atomic E-state index is -3.65. The molecule has 10 heteroatoms. The van der Waals surface area contributed by atoms with Gasteiger partial charge in [0.05, 0.1) is 23.6 Å². The number of piperazine rings is 1. The van der Waals surface area contributed by atoms with E-state index in [1.54, 1.807) is 32.0 Å². The third-order valence-electron chi connectivity index (χ3n) is 6.92. The highest BCUT2D eigenvalue weighted by atomic mass is 32.2. The van der Waals surface area contributed by atoms with Gasteiger partial charge in [0.15, 0.2) is 0 Å². The number of rotatable bonds is 7. The fraction of sp³-hybridized carbons (Fsp3) is 0.385. The highest BCUT2D eigenvalue weighted by Gasteiger charge is 2.36. The molecular formula is C26H31FN6O2S. The van der Waals surface area contributed by atoms with Crippen LogP contribution in [0.4, 0.5) is 4.39 Å². The number of sulfonamides is 1. The molecule has 0 unspecified atom stereocenters. The van der Waals surface area contributed by atoms with E-state index >= 15 is 0 Å². The number of hydrogen-bond acceptors (Lipinski definition) is 5. The molecule has 1 saturated heterocycles. The van der Waals surface area contributed by atoms with E-state index in [2.05, 4.69) is 41.1 Å². The first kappa shape index (κ1) is 24.6. The van der Waals surface area contributed by atoms with Crippen LogP contribution in [0.15, 0.2) is 59.9 Å². The number of halogens is 1. The average molecular weight is 511 g/mol. The minimum absolute atomic E-state index is 0.0757. The van der Waals surface area contributed by atoms with E-state index in [0.29, 0.717) is 26.2 Å². The van der Waals surface area contributed by atoms with Crippen LogP contribution in [0.25, 0.3) is 16.6 Å². The predicted octanol–water partition coefficient (Wildman–Crippen LogP) is 4.15. The molecule has 8 nitrogen and oxygen atoms in total. The van der Waals surface area contributed by atoms with Crippen molar-refractivity contribution in [2.24, 2.45) is 0 Å². The lowest BCUT2D eigenvalue weighted by Crippen LogP contribution is -2.50. The molecular weight excluding hydrogens is 479 g/mol. The fourth-order valence-electron chi connectivity index (χ4n) is 5.01. The molecule has 0 radical (unpaired) electrons. The van der Waals surface area contributed by atoms with E-state index in [1.165, 1.54) is 18.3 Å². The highest BCUT2D eigenvalue weighted by molar-refractivity contribution is 7.89. The van der Waals surface area contributed by atoms with Crippen LogP contribution in [0.1, 0.15) is 37.4 Å². The van der Waals surface area contributed by atoms with Gasteiger partial charge >= 0.3 is 0 Å². The number of aromatic nitrogens is 4. The first-order valence-electron chi connectivity index (χ1n) is 12.3. The van der Waals surface area contributed by atoms with Crippen molar-refractivity contribution in [1.82, 2.24) is 28.8 Å². The normalized spacial score (nSPS) is 17.7. The molecule has 0 saturated carbocycles. The molecule has 190 valence electrons. The van der Waals surface area contributed by atoms with Crippen LogP contribution >= 0.6 is 0 Å². The van der Waals surface area contributed by atoms with Gasteiger partial charge in [0.2, 0.25) is 10.0 Å². The summed E-state index contributed by atoms with van der Waals surface area (Å²) in [5, 5.41) is 9.67. The Labute approximate surface area is 211 Å². The summed E-state index contributed by atoms with van der Waals surface area (Å²) in [6, 6.07) is 10.4. The number of hydrogen-bond donors (Lipinski definition) is 0. The lowest BCUT2D eigenvalue weighted by Gasteiger charge is -2.41. The quantitative estimate of drug-likeness (QED) is 0.373. The van der Waals surface area contributed by atoms with Gasteiger partial charge in [0.1, 0.15) is 10.7 Å². The summed E-state index contributed by atoms with van der Waals surface area (Å²) in [6.07, 6.45) is 5.83. The summed E-state index contributed by atoms with van der Waals surface area (Å²) in [5.41, 5.74) is 3.88. The second kappa shape index (κ2) is 9.76. The fourth-order valence-corrected chi connectivity index (χ4v) is 6.40. The van der Waals surface area contributed by atoms with Crippen LogP contribution in [-0.2, 0) is 16.6 Å². The van der Waals surface area contributed by atoms with Crippen molar-refractivity contribution in [3.63, 3.8) is 0 Å². The molecule has 0 spiro atoms. The maximum Gasteiger partial charge on any atom is 0.246 e. The molecule has 5 rings (SSSR count). The summed E-state index contributed by atoms with van der Waals surface area (Å²) in [6.45, 7) is 9.11. The molecule has 0 bridgehead atoms. The summed E-state index contributed by atoms with van der Waals surface area (Å²) in [7, 11) is -3.65. The monoisotopic (exact) mass is 510 g/mol. The van der Waals surface area contributed by atoms with Crippen LogP contribution in [0.3, 0.4) is 0 Å². The molecule has 4 aromatic rings. The molecule has 36 heavy (non-hydrogen) atoms. The first-order chi connectivity index (χ1) is 17.3. The van der Waals surface area contributed by atoms with Gasteiger partial charge in [-0.25, -0.2) is 17.5 Å². The number of aryl methyl sites for hydroxylation is 2. The number of benzene rings is 2. The van der Waals surface area contributed by atoms with Gasteiger partial charge in [0, 0.05) is 43.8 Å². The lowest BCUT2D eigenvalue weighted by atomic mass is 9.96. The van der Waals surface area contributed by atoms with Crippen LogP contribution in [0.2, 0.25) is 0 Å². The molecule has 1 aliphatic heterocycles. The molecule has 2 aromatic heterocycles. The van der Waals surface area contributed by atoms with Crippen LogP contribution in [0.5, 0.6) is 0 Å². The van der Waals surface area contributed by atoms with Gasteiger partial charge in [-0.2, -0.15) is 14.5 Å². The zero-order chi connectivity index (χ0) is 25.4. The third-order valence-corrected chi connectivity index (χ3v) is 8.74. The Hall–Kier alpha value is -3.08. The Kier molecular flexibility index (Phi) is 6.67. The maximum absolute atomic E-state index is 13.5. The van der Waals surface area contributed by atoms with Crippen LogP contribution < -0.4 is 0 Å². The Balaban J connectivity index is 1.51. The van der Waals surface area contributed by atoms with Crippen molar-refractivity contribution in [3.8, 4) is 5.69 Å². The van der Waals surface area contributed by atoms with Gasteiger partial charge in [-0.15, -0.1) is 0 Å². The Morgan fingerprint density at radius 2 is 1.83 bits per heavy atom. The summed E-state index contributed by atoms with van der Waals surface area (Å²) >= 11 is 0. The van der Waals surface area contributed by atoms with E-state index in [9.17, 15) is 12.8 Å². The molecule has 1 aliphatic rings. The third kappa shape index (κ3) is 4.44. The van der Waals surface area contributed by atoms with Gasteiger partial charge in [-0.3, -0.25) is 9.58 Å². The number of nitrogens with zero attached hydrogens (tertiary/aromatic N) is 6. The van der Waals surface area contributed by atoms with Gasteiger partial charge < -0.3 is 0 Å². The van der Waals surface area contributed by atoms with Gasteiger partial charge in [-0.1, -0.05) is 6.92 Å². The summed E-state index contributed by atoms with van der Waals surface area (Å²) in [5.74, 6) is -0.288. The van der Waals surface area contributed by atoms with Crippen molar-refractivity contribution in [2.75, 3.05) is 26.2 Å². The smallest absolute Gasteiger partial charge is 0.246 e. The van der Waals surface area contributed by atoms with E-state index in [0.717, 1.165) is 40.7 Å². The zero-order valence-corrected chi connectivity index (χ0v) is 21.6. The van der Waals surface area contributed by atoms with E-state index in [1.807, 2.05) is 13.1 Å². The SMILES string of the molecule is CCCN1CCN(S(=O)(=O)c2cnn(CC)c2)C[C@H]1c1cc2cnn(-c3ccc(F)cc3)c2cc1C. The topological polar surface area (TPSA) is 76.3 Å². The van der Waals surface area contributed by atoms with Gasteiger partial charge in [0.25, 0.3) is 0 Å². The molecule has 1 fully saturated rings. The minimum Gasteiger partial charge on any atom is -0.294 e. The van der Waals surface area contributed by atoms with Crippen molar-refractivity contribution in [1.29, 1.82) is 0 Å². The summed E-state index contributed by atoms with van der Waals surface area (Å²) < 4.78 is 45.4. The van der Waals surface area contributed by atoms with Crippen LogP contribution in [-0.4, -0.2) is 63.4 Å². The van der Waals surface area contributed by atoms with Crippen molar-refractivity contribution in [3.05, 3.63) is 71.9 Å². The van der Waals surface area contributed by atoms with Crippen molar-refractivity contribution >= 4 is 20.9 Å². The molecule has 1 atom stereocenters. The second-order valence-corrected chi connectivity index (χ2v) is 11.2. The van der Waals surface area contributed by atoms with Crippen molar-refractivity contribution < 1.29 is 12.8 Å². The van der Waals surface area contributed by atoms with Gasteiger partial charge in [-0.05, 0) is 74.3 Å². The lowest BCUT2D eigenvalue weighted by molar-refractivity contribution is 0.118. The zero-order valence-electron chi connectivity index (χ0n) is 20.8. The molecule has 0 aliphatic carbocycles. The molecule has 0 N–H and O–H groups in total. The Bertz CT molecular complexity index is 1480. The largest absolute Gasteiger partial charge is 0.294 e. The molecule has 2 aromatic carbocycles. The van der Waals surface area contributed by atoms with E-state index < -0.39 is 10.0 Å². The first-order valence-corrected chi connectivity index (χ1v) is 13.8. The summed E-state index contributed by atoms with van der Waals surface area (Å²) in [4.78, 5) is 2.61. The Morgan fingerprint density at radius 3 is 2.53 bits per heavy atom. The Morgan fingerprint density at radius 1 is 1.06 bits per heavy atom. The van der Waals surface area contributed by atoms with E-state index in [-0.39, 0.29) is 16.8 Å². The maximum atomic E-state index is 13.5. The molecule has 3 heterocycles. The van der Waals surface area contributed by atoms with E-state index in [4.69, 9.17) is 0 Å². The number of fused-ring (bicyclic) bond motifs is 1. The highest BCUT2D eigenvalue weighted by Crippen LogP contribution is 2.33. The standard InChI is InChI=1S/C26H31FN6O2S/c1-4-10-30-11-12-32(36(34,35)23-16-28-31(5-2)17-23)18-26(30)24-14-20-15-29-33(25(20)13-19(24)3)22-8-6-21(27)7-9-22/h6-9,13-17,26H,4-5,10-12,18H2,1-3H3/t26-/m0/s1. The predicted molar refractivity (Wildman–Crippen MR) is 137 cm³/mol. The van der Waals surface area contributed by atoms with Crippen LogP contribution in [0, 0.1) is 12.7 Å². The van der Waals surface area contributed by atoms with Crippen molar-refractivity contribution in [2.45, 2.75) is 44.7 Å². The second-order valence-electron chi connectivity index (χ2n) is 9.25. The average Bonchev–Trinajstić information content (AvgIpc) is 3.52.